The van der Waals surface area contributed by atoms with Gasteiger partial charge in [0.2, 0.25) is 5.88 Å². The molecule has 9 heteroatoms. The summed E-state index contributed by atoms with van der Waals surface area (Å²) < 4.78 is 8.08. The SMILES string of the molecule is Cn1ncc(NC(=O)c2nc(Br)ccc2N)c1OCC1CCNCC1. The van der Waals surface area contributed by atoms with Gasteiger partial charge < -0.3 is 21.1 Å². The number of hydrogen-bond acceptors (Lipinski definition) is 6. The molecule has 8 nitrogen and oxygen atoms in total. The topological polar surface area (TPSA) is 107 Å². The number of nitrogens with one attached hydrogen (secondary N) is 2. The van der Waals surface area contributed by atoms with E-state index in [1.54, 1.807) is 30.1 Å². The monoisotopic (exact) mass is 408 g/mol. The molecule has 3 heterocycles. The molecule has 3 rings (SSSR count). The highest BCUT2D eigenvalue weighted by Gasteiger charge is 2.19. The fourth-order valence-electron chi connectivity index (χ4n) is 2.74. The number of nitrogens with two attached hydrogens (primary N) is 1. The number of halogens is 1. The van der Waals surface area contributed by atoms with E-state index in [1.165, 1.54) is 0 Å². The van der Waals surface area contributed by atoms with Gasteiger partial charge in [-0.1, -0.05) is 0 Å². The number of rotatable bonds is 5. The third-order valence-electron chi connectivity index (χ3n) is 4.15. The van der Waals surface area contributed by atoms with Crippen LogP contribution in [0.3, 0.4) is 0 Å². The standard InChI is InChI=1S/C16H21BrN6O2/c1-23-16(25-9-10-4-6-19-7-5-10)12(8-20-23)21-15(24)14-11(18)2-3-13(17)22-14/h2-3,8,10,19H,4-7,9,18H2,1H3,(H,21,24). The molecule has 1 aliphatic rings. The number of aromatic nitrogens is 3. The summed E-state index contributed by atoms with van der Waals surface area (Å²) in [5.74, 6) is 0.626. The van der Waals surface area contributed by atoms with Gasteiger partial charge in [-0.25, -0.2) is 9.67 Å². The van der Waals surface area contributed by atoms with Crippen LogP contribution in [0, 0.1) is 5.92 Å². The predicted octanol–water partition coefficient (Wildman–Crippen LogP) is 1.79. The van der Waals surface area contributed by atoms with Gasteiger partial charge in [0.05, 0.1) is 18.5 Å². The molecular weight excluding hydrogens is 388 g/mol. The average Bonchev–Trinajstić information content (AvgIpc) is 2.95. The van der Waals surface area contributed by atoms with Crippen LogP contribution in [0.5, 0.6) is 5.88 Å². The first-order valence-electron chi connectivity index (χ1n) is 8.13. The molecule has 0 atom stereocenters. The van der Waals surface area contributed by atoms with Crippen molar-refractivity contribution in [2.24, 2.45) is 13.0 Å². The number of nitrogens with zero attached hydrogens (tertiary/aromatic N) is 3. The number of ether oxygens (including phenoxy) is 1. The lowest BCUT2D eigenvalue weighted by atomic mass is 9.99. The molecule has 25 heavy (non-hydrogen) atoms. The molecule has 1 saturated heterocycles. The number of carbonyl (C=O) groups excluding carboxylic acids is 1. The third kappa shape index (κ3) is 4.29. The molecule has 0 aromatic carbocycles. The van der Waals surface area contributed by atoms with Gasteiger partial charge in [-0.05, 0) is 59.9 Å². The van der Waals surface area contributed by atoms with E-state index in [-0.39, 0.29) is 5.69 Å². The fourth-order valence-corrected chi connectivity index (χ4v) is 3.05. The lowest BCUT2D eigenvalue weighted by Crippen LogP contribution is -2.30. The molecule has 0 radical (unpaired) electrons. The van der Waals surface area contributed by atoms with E-state index in [2.05, 4.69) is 36.6 Å². The average molecular weight is 409 g/mol. The van der Waals surface area contributed by atoms with Crippen LogP contribution in [0.25, 0.3) is 0 Å². The minimum Gasteiger partial charge on any atom is -0.476 e. The van der Waals surface area contributed by atoms with Gasteiger partial charge in [-0.2, -0.15) is 5.10 Å². The number of pyridine rings is 1. The van der Waals surface area contributed by atoms with Crippen molar-refractivity contribution in [3.8, 4) is 5.88 Å². The Bertz CT molecular complexity index is 757. The minimum atomic E-state index is -0.404. The van der Waals surface area contributed by atoms with Gasteiger partial charge in [0, 0.05) is 7.05 Å². The van der Waals surface area contributed by atoms with Crippen LogP contribution >= 0.6 is 15.9 Å². The van der Waals surface area contributed by atoms with Crippen LogP contribution in [-0.2, 0) is 7.05 Å². The summed E-state index contributed by atoms with van der Waals surface area (Å²) in [5.41, 5.74) is 6.81. The first-order chi connectivity index (χ1) is 12.0. The van der Waals surface area contributed by atoms with Crippen molar-refractivity contribution in [3.05, 3.63) is 28.6 Å². The van der Waals surface area contributed by atoms with E-state index < -0.39 is 5.91 Å². The molecule has 4 N–H and O–H groups in total. The molecule has 2 aromatic heterocycles. The van der Waals surface area contributed by atoms with E-state index in [1.807, 2.05) is 0 Å². The smallest absolute Gasteiger partial charge is 0.276 e. The molecule has 1 amide bonds. The number of anilines is 2. The lowest BCUT2D eigenvalue weighted by molar-refractivity contribution is 0.102. The highest BCUT2D eigenvalue weighted by molar-refractivity contribution is 9.10. The predicted molar refractivity (Wildman–Crippen MR) is 98.6 cm³/mol. The maximum Gasteiger partial charge on any atom is 0.276 e. The Morgan fingerprint density at radius 2 is 2.24 bits per heavy atom. The second kappa shape index (κ2) is 7.83. The quantitative estimate of drug-likeness (QED) is 0.650. The molecule has 1 aliphatic heterocycles. The van der Waals surface area contributed by atoms with Gasteiger partial charge in [-0.15, -0.1) is 0 Å². The van der Waals surface area contributed by atoms with Crippen LogP contribution in [-0.4, -0.2) is 40.4 Å². The van der Waals surface area contributed by atoms with Gasteiger partial charge in [0.1, 0.15) is 10.3 Å². The lowest BCUT2D eigenvalue weighted by Gasteiger charge is -2.22. The fraction of sp³-hybridized carbons (Fsp3) is 0.438. The summed E-state index contributed by atoms with van der Waals surface area (Å²) in [6, 6.07) is 3.31. The molecule has 0 bridgehead atoms. The maximum absolute atomic E-state index is 12.5. The van der Waals surface area contributed by atoms with Crippen molar-refractivity contribution in [1.82, 2.24) is 20.1 Å². The van der Waals surface area contributed by atoms with E-state index in [0.717, 1.165) is 25.9 Å². The first kappa shape index (κ1) is 17.7. The molecule has 2 aromatic rings. The summed E-state index contributed by atoms with van der Waals surface area (Å²) in [5, 5.41) is 10.3. The number of amides is 1. The van der Waals surface area contributed by atoms with Crippen molar-refractivity contribution >= 4 is 33.2 Å². The third-order valence-corrected chi connectivity index (χ3v) is 4.60. The van der Waals surface area contributed by atoms with Gasteiger partial charge in [0.15, 0.2) is 5.69 Å². The molecule has 0 aliphatic carbocycles. The highest BCUT2D eigenvalue weighted by Crippen LogP contribution is 2.26. The highest BCUT2D eigenvalue weighted by atomic mass is 79.9. The Morgan fingerprint density at radius 3 is 3.00 bits per heavy atom. The van der Waals surface area contributed by atoms with Gasteiger partial charge >= 0.3 is 0 Å². The normalized spacial score (nSPS) is 15.1. The second-order valence-corrected chi connectivity index (χ2v) is 6.83. The Morgan fingerprint density at radius 1 is 1.48 bits per heavy atom. The van der Waals surface area contributed by atoms with Crippen LogP contribution < -0.4 is 21.1 Å². The van der Waals surface area contributed by atoms with Gasteiger partial charge in [-0.3, -0.25) is 4.79 Å². The Kier molecular flexibility index (Phi) is 5.54. The van der Waals surface area contributed by atoms with Crippen molar-refractivity contribution in [3.63, 3.8) is 0 Å². The molecule has 134 valence electrons. The second-order valence-electron chi connectivity index (χ2n) is 6.02. The molecule has 0 spiro atoms. The zero-order valence-corrected chi connectivity index (χ0v) is 15.5. The molecule has 1 fully saturated rings. The number of hydrogen-bond donors (Lipinski definition) is 3. The zero-order valence-electron chi connectivity index (χ0n) is 14.0. The number of carbonyl (C=O) groups is 1. The van der Waals surface area contributed by atoms with Crippen molar-refractivity contribution < 1.29 is 9.53 Å². The van der Waals surface area contributed by atoms with Crippen molar-refractivity contribution in [2.75, 3.05) is 30.7 Å². The Hall–Kier alpha value is -2.13. The number of nitrogen functional groups attached to an aromatic ring is 1. The van der Waals surface area contributed by atoms with Crippen molar-refractivity contribution in [2.45, 2.75) is 12.8 Å². The molecule has 0 unspecified atom stereocenters. The zero-order chi connectivity index (χ0) is 17.8. The molecular formula is C16H21BrN6O2. The summed E-state index contributed by atoms with van der Waals surface area (Å²) in [7, 11) is 1.78. The van der Waals surface area contributed by atoms with E-state index in [4.69, 9.17) is 10.5 Å². The van der Waals surface area contributed by atoms with Crippen LogP contribution in [0.4, 0.5) is 11.4 Å². The van der Waals surface area contributed by atoms with E-state index >= 15 is 0 Å². The largest absolute Gasteiger partial charge is 0.476 e. The van der Waals surface area contributed by atoms with Gasteiger partial charge in [0.25, 0.3) is 5.91 Å². The molecule has 0 saturated carbocycles. The van der Waals surface area contributed by atoms with Crippen LogP contribution in [0.1, 0.15) is 23.3 Å². The Balaban J connectivity index is 1.70. The summed E-state index contributed by atoms with van der Waals surface area (Å²) in [6.07, 6.45) is 3.72. The van der Waals surface area contributed by atoms with Crippen LogP contribution in [0.2, 0.25) is 0 Å². The van der Waals surface area contributed by atoms with Crippen molar-refractivity contribution in [1.29, 1.82) is 0 Å². The van der Waals surface area contributed by atoms with E-state index in [0.29, 0.717) is 34.4 Å². The Labute approximate surface area is 154 Å². The first-order valence-corrected chi connectivity index (χ1v) is 8.93. The maximum atomic E-state index is 12.5. The minimum absolute atomic E-state index is 0.155. The number of piperidine rings is 1. The van der Waals surface area contributed by atoms with E-state index in [9.17, 15) is 4.79 Å². The summed E-state index contributed by atoms with van der Waals surface area (Å²) in [6.45, 7) is 2.62. The summed E-state index contributed by atoms with van der Waals surface area (Å²) >= 11 is 3.24. The number of aryl methyl sites for hydroxylation is 1. The summed E-state index contributed by atoms with van der Waals surface area (Å²) in [4.78, 5) is 16.6. The van der Waals surface area contributed by atoms with Crippen LogP contribution in [0.15, 0.2) is 22.9 Å².